The zero-order valence-electron chi connectivity index (χ0n) is 16.8. The van der Waals surface area contributed by atoms with Crippen LogP contribution in [0.2, 0.25) is 0 Å². The average molecular weight is 290 g/mol. The maximum atomic E-state index is 5.63. The molecule has 0 aromatic carbocycles. The molecule has 0 atom stereocenters. The minimum atomic E-state index is -0.147. The van der Waals surface area contributed by atoms with Crippen molar-refractivity contribution in [3.8, 4) is 0 Å². The molecule has 0 rings (SSSR count). The lowest BCUT2D eigenvalue weighted by Gasteiger charge is -2.49. The van der Waals surface area contributed by atoms with Gasteiger partial charge in [0.25, 0.3) is 0 Å². The third kappa shape index (κ3) is 7.64. The van der Waals surface area contributed by atoms with Gasteiger partial charge >= 0.3 is 0 Å². The van der Waals surface area contributed by atoms with Crippen LogP contribution in [0.1, 0.15) is 82.6 Å². The minimum Gasteiger partial charge on any atom is -0.377 e. The molecule has 20 heavy (non-hydrogen) atoms. The highest BCUT2D eigenvalue weighted by molar-refractivity contribution is 4.96. The predicted molar refractivity (Wildman–Crippen MR) is 94.6 cm³/mol. The monoisotopic (exact) mass is 289 g/mol. The zero-order chi connectivity index (χ0) is 17.2. The smallest absolute Gasteiger partial charge is 0.0800 e. The second-order valence-electron chi connectivity index (χ2n) is 6.65. The third-order valence-electron chi connectivity index (χ3n) is 4.56. The molecule has 0 aromatic rings. The molecule has 0 aliphatic rings. The lowest BCUT2D eigenvalue weighted by atomic mass is 9.81. The molecular weight excluding hydrogens is 246 g/mol. The Balaban J connectivity index is -0.000000656. The maximum Gasteiger partial charge on any atom is 0.0800 e. The normalized spacial score (nSPS) is 12.3. The van der Waals surface area contributed by atoms with Crippen LogP contribution >= 0.6 is 0 Å². The van der Waals surface area contributed by atoms with Gasteiger partial charge in [-0.3, -0.25) is 4.90 Å². The molecular formula is C18H43NO. The summed E-state index contributed by atoms with van der Waals surface area (Å²) >= 11 is 0. The summed E-state index contributed by atoms with van der Waals surface area (Å²) in [5.41, 5.74) is 0.232. The van der Waals surface area contributed by atoms with E-state index in [1.807, 2.05) is 27.7 Å². The number of rotatable bonds is 6. The Hall–Kier alpha value is -0.0800. The molecule has 0 radical (unpaired) electrons. The van der Waals surface area contributed by atoms with Crippen LogP contribution in [0.15, 0.2) is 0 Å². The summed E-state index contributed by atoms with van der Waals surface area (Å²) in [7, 11) is 3.98. The van der Waals surface area contributed by atoms with Crippen LogP contribution in [0.3, 0.4) is 0 Å². The van der Waals surface area contributed by atoms with Gasteiger partial charge in [0.1, 0.15) is 0 Å². The van der Waals surface area contributed by atoms with Gasteiger partial charge in [0.15, 0.2) is 0 Å². The van der Waals surface area contributed by atoms with Crippen molar-refractivity contribution in [1.29, 1.82) is 0 Å². The molecule has 0 saturated carbocycles. The first-order valence-corrected chi connectivity index (χ1v) is 8.26. The Morgan fingerprint density at radius 2 is 1.20 bits per heavy atom. The van der Waals surface area contributed by atoms with E-state index in [0.29, 0.717) is 5.41 Å². The van der Waals surface area contributed by atoms with E-state index >= 15 is 0 Å². The van der Waals surface area contributed by atoms with Crippen molar-refractivity contribution in [3.63, 3.8) is 0 Å². The van der Waals surface area contributed by atoms with Crippen LogP contribution in [0, 0.1) is 5.41 Å². The van der Waals surface area contributed by atoms with Crippen molar-refractivity contribution in [2.24, 2.45) is 5.41 Å². The molecule has 0 amide bonds. The van der Waals surface area contributed by atoms with Gasteiger partial charge in [-0.25, -0.2) is 0 Å². The van der Waals surface area contributed by atoms with Crippen LogP contribution < -0.4 is 0 Å². The highest BCUT2D eigenvalue weighted by Crippen LogP contribution is 2.32. The average Bonchev–Trinajstić information content (AvgIpc) is 2.42. The Kier molecular flexibility index (Phi) is 13.2. The molecule has 0 heterocycles. The summed E-state index contributed by atoms with van der Waals surface area (Å²) in [6, 6.07) is 0. The third-order valence-corrected chi connectivity index (χ3v) is 4.56. The fourth-order valence-corrected chi connectivity index (χ4v) is 1.66. The van der Waals surface area contributed by atoms with Crippen molar-refractivity contribution in [3.05, 3.63) is 0 Å². The molecule has 0 aliphatic heterocycles. The predicted octanol–water partition coefficient (Wildman–Crippen LogP) is 5.61. The molecule has 2 heteroatoms. The van der Waals surface area contributed by atoms with Gasteiger partial charge < -0.3 is 4.74 Å². The highest BCUT2D eigenvalue weighted by atomic mass is 16.5. The standard InChI is InChI=1S/C14H31NO.2C2H6/c1-10-12(2,3)11-15(8)13(4,5)14(6,7)16-9;2*1-2/h10-11H2,1-9H3;2*1-2H3. The zero-order valence-corrected chi connectivity index (χ0v) is 16.8. The van der Waals surface area contributed by atoms with Crippen molar-refractivity contribution in [2.45, 2.75) is 93.7 Å². The number of hydrogen-bond acceptors (Lipinski definition) is 2. The number of methoxy groups -OCH3 is 1. The van der Waals surface area contributed by atoms with Crippen LogP contribution in [-0.2, 0) is 4.74 Å². The fraction of sp³-hybridized carbons (Fsp3) is 1.00. The molecule has 0 unspecified atom stereocenters. The van der Waals surface area contributed by atoms with Crippen LogP contribution in [-0.4, -0.2) is 36.7 Å². The van der Waals surface area contributed by atoms with E-state index in [4.69, 9.17) is 4.74 Å². The molecule has 0 bridgehead atoms. The first-order valence-electron chi connectivity index (χ1n) is 8.26. The summed E-state index contributed by atoms with van der Waals surface area (Å²) < 4.78 is 5.63. The molecule has 0 aromatic heterocycles. The summed E-state index contributed by atoms with van der Waals surface area (Å²) in [6.07, 6.45) is 1.20. The van der Waals surface area contributed by atoms with Crippen LogP contribution in [0.25, 0.3) is 0 Å². The van der Waals surface area contributed by atoms with Gasteiger partial charge in [-0.1, -0.05) is 48.5 Å². The van der Waals surface area contributed by atoms with E-state index in [0.717, 1.165) is 6.54 Å². The van der Waals surface area contributed by atoms with E-state index in [2.05, 4.69) is 60.4 Å². The topological polar surface area (TPSA) is 12.5 Å². The van der Waals surface area contributed by atoms with E-state index < -0.39 is 0 Å². The van der Waals surface area contributed by atoms with Crippen LogP contribution in [0.5, 0.6) is 0 Å². The Morgan fingerprint density at radius 1 is 0.850 bits per heavy atom. The largest absolute Gasteiger partial charge is 0.377 e. The molecule has 2 nitrogen and oxygen atoms in total. The van der Waals surface area contributed by atoms with Crippen molar-refractivity contribution in [2.75, 3.05) is 20.7 Å². The van der Waals surface area contributed by atoms with Crippen molar-refractivity contribution >= 4 is 0 Å². The van der Waals surface area contributed by atoms with Gasteiger partial charge in [0, 0.05) is 19.2 Å². The molecule has 0 fully saturated rings. The lowest BCUT2D eigenvalue weighted by molar-refractivity contribution is -0.0979. The number of nitrogens with zero attached hydrogens (tertiary/aromatic N) is 1. The summed E-state index contributed by atoms with van der Waals surface area (Å²) in [5, 5.41) is 0. The molecule has 126 valence electrons. The maximum absolute atomic E-state index is 5.63. The lowest BCUT2D eigenvalue weighted by Crippen LogP contribution is -2.59. The SMILES string of the molecule is CC.CC.CCC(C)(C)CN(C)C(C)(C)C(C)(C)OC. The van der Waals surface area contributed by atoms with Crippen LogP contribution in [0.4, 0.5) is 0 Å². The van der Waals surface area contributed by atoms with Crippen molar-refractivity contribution in [1.82, 2.24) is 4.90 Å². The Labute approximate surface area is 130 Å². The van der Waals surface area contributed by atoms with E-state index in [-0.39, 0.29) is 11.1 Å². The first-order chi connectivity index (χ1) is 9.00. The summed E-state index contributed by atoms with van der Waals surface area (Å²) in [4.78, 5) is 2.42. The Bertz CT molecular complexity index is 219. The molecule has 0 saturated heterocycles. The van der Waals surface area contributed by atoms with Gasteiger partial charge in [-0.2, -0.15) is 0 Å². The quantitative estimate of drug-likeness (QED) is 0.630. The summed E-state index contributed by atoms with van der Waals surface area (Å²) in [5.74, 6) is 0. The highest BCUT2D eigenvalue weighted by Gasteiger charge is 2.41. The fourth-order valence-electron chi connectivity index (χ4n) is 1.66. The first kappa shape index (κ1) is 24.9. The minimum absolute atomic E-state index is 0.0220. The number of likely N-dealkylation sites (N-methyl/N-ethyl adjacent to an activating group) is 1. The number of ether oxygens (including phenoxy) is 1. The van der Waals surface area contributed by atoms with Gasteiger partial charge in [0.2, 0.25) is 0 Å². The second-order valence-corrected chi connectivity index (χ2v) is 6.65. The van der Waals surface area contributed by atoms with Gasteiger partial charge in [-0.05, 0) is 46.6 Å². The molecule has 0 N–H and O–H groups in total. The van der Waals surface area contributed by atoms with E-state index in [1.165, 1.54) is 6.42 Å². The second kappa shape index (κ2) is 10.6. The van der Waals surface area contributed by atoms with E-state index in [1.54, 1.807) is 7.11 Å². The molecule has 0 aliphatic carbocycles. The molecule has 0 spiro atoms. The summed E-state index contributed by atoms with van der Waals surface area (Å²) in [6.45, 7) is 24.8. The van der Waals surface area contributed by atoms with Gasteiger partial charge in [-0.15, -0.1) is 0 Å². The van der Waals surface area contributed by atoms with Gasteiger partial charge in [0.05, 0.1) is 5.60 Å². The number of hydrogen-bond donors (Lipinski definition) is 0. The Morgan fingerprint density at radius 3 is 1.45 bits per heavy atom. The van der Waals surface area contributed by atoms with Crippen molar-refractivity contribution < 1.29 is 4.74 Å². The van der Waals surface area contributed by atoms with E-state index in [9.17, 15) is 0 Å².